The molecule has 0 saturated carbocycles. The summed E-state index contributed by atoms with van der Waals surface area (Å²) in [7, 11) is 0. The molecule has 0 amide bonds. The Morgan fingerprint density at radius 1 is 0.950 bits per heavy atom. The number of halogens is 1. The summed E-state index contributed by atoms with van der Waals surface area (Å²) in [5.74, 6) is 0. The first-order chi connectivity index (χ1) is 9.81. The molecule has 20 heavy (non-hydrogen) atoms. The van der Waals surface area contributed by atoms with Gasteiger partial charge in [-0.15, -0.1) is 0 Å². The molecule has 1 heterocycles. The first-order valence-electron chi connectivity index (χ1n) is 7.85. The van der Waals surface area contributed by atoms with E-state index in [9.17, 15) is 0 Å². The van der Waals surface area contributed by atoms with Crippen molar-refractivity contribution in [1.29, 1.82) is 0 Å². The van der Waals surface area contributed by atoms with Gasteiger partial charge in [0.25, 0.3) is 0 Å². The Kier molecular flexibility index (Phi) is 6.32. The molecule has 0 fully saturated rings. The van der Waals surface area contributed by atoms with Gasteiger partial charge in [0, 0.05) is 11.1 Å². The topological polar surface area (TPSA) is 12.9 Å². The number of hydrogen-bond donors (Lipinski definition) is 0. The summed E-state index contributed by atoms with van der Waals surface area (Å²) in [6, 6.07) is 10.1. The molecule has 0 saturated heterocycles. The Morgan fingerprint density at radius 3 is 2.45 bits per heavy atom. The second-order valence-electron chi connectivity index (χ2n) is 5.48. The van der Waals surface area contributed by atoms with Gasteiger partial charge in [0.1, 0.15) is 0 Å². The van der Waals surface area contributed by atoms with E-state index >= 15 is 0 Å². The summed E-state index contributed by atoms with van der Waals surface area (Å²) in [4.78, 5) is 4.70. The van der Waals surface area contributed by atoms with Crippen molar-refractivity contribution < 1.29 is 0 Å². The SMILES string of the molecule is CCCCCCCCCc1cc(Cl)c2ccccc2n1. The van der Waals surface area contributed by atoms with E-state index in [1.54, 1.807) is 0 Å². The molecule has 2 rings (SSSR count). The molecule has 1 nitrogen and oxygen atoms in total. The van der Waals surface area contributed by atoms with Crippen LogP contribution in [0.25, 0.3) is 10.9 Å². The Bertz CT molecular complexity index is 536. The van der Waals surface area contributed by atoms with Gasteiger partial charge < -0.3 is 0 Å². The van der Waals surface area contributed by atoms with Gasteiger partial charge in [0.15, 0.2) is 0 Å². The minimum absolute atomic E-state index is 0.827. The van der Waals surface area contributed by atoms with Crippen LogP contribution in [0.4, 0.5) is 0 Å². The van der Waals surface area contributed by atoms with E-state index in [0.717, 1.165) is 28.0 Å². The molecular formula is C18H24ClN. The molecule has 0 N–H and O–H groups in total. The average Bonchev–Trinajstić information content (AvgIpc) is 2.46. The van der Waals surface area contributed by atoms with Crippen LogP contribution in [0, 0.1) is 0 Å². The van der Waals surface area contributed by atoms with Gasteiger partial charge in [-0.2, -0.15) is 0 Å². The molecule has 0 aliphatic heterocycles. The van der Waals surface area contributed by atoms with Crippen molar-refractivity contribution in [3.63, 3.8) is 0 Å². The average molecular weight is 290 g/mol. The van der Waals surface area contributed by atoms with Gasteiger partial charge in [0.2, 0.25) is 0 Å². The number of para-hydroxylation sites is 1. The van der Waals surface area contributed by atoms with Crippen molar-refractivity contribution in [1.82, 2.24) is 4.98 Å². The van der Waals surface area contributed by atoms with Crippen molar-refractivity contribution >= 4 is 22.5 Å². The fourth-order valence-electron chi connectivity index (χ4n) is 2.58. The standard InChI is InChI=1S/C18H24ClN/c1-2-3-4-5-6-7-8-11-15-14-17(19)16-12-9-10-13-18(16)20-15/h9-10,12-14H,2-8,11H2,1H3. The Morgan fingerprint density at radius 2 is 1.65 bits per heavy atom. The molecular weight excluding hydrogens is 266 g/mol. The molecule has 0 unspecified atom stereocenters. The van der Waals surface area contributed by atoms with Gasteiger partial charge in [-0.1, -0.05) is 75.2 Å². The molecule has 0 spiro atoms. The Hall–Kier alpha value is -1.08. The van der Waals surface area contributed by atoms with Gasteiger partial charge in [-0.3, -0.25) is 4.98 Å². The molecule has 1 aromatic heterocycles. The van der Waals surface area contributed by atoms with Crippen LogP contribution >= 0.6 is 11.6 Å². The lowest BCUT2D eigenvalue weighted by atomic mass is 10.1. The summed E-state index contributed by atoms with van der Waals surface area (Å²) in [5.41, 5.74) is 2.14. The largest absolute Gasteiger partial charge is 0.253 e. The quantitative estimate of drug-likeness (QED) is 0.529. The highest BCUT2D eigenvalue weighted by atomic mass is 35.5. The van der Waals surface area contributed by atoms with Crippen LogP contribution in [0.2, 0.25) is 5.02 Å². The van der Waals surface area contributed by atoms with Crippen LogP contribution in [0.3, 0.4) is 0 Å². The number of benzene rings is 1. The summed E-state index contributed by atoms with van der Waals surface area (Å²) < 4.78 is 0. The second kappa shape index (κ2) is 8.26. The van der Waals surface area contributed by atoms with Gasteiger partial charge >= 0.3 is 0 Å². The normalized spacial score (nSPS) is 11.1. The van der Waals surface area contributed by atoms with Crippen molar-refractivity contribution in [2.45, 2.75) is 58.3 Å². The predicted octanol–water partition coefficient (Wildman–Crippen LogP) is 6.18. The van der Waals surface area contributed by atoms with Gasteiger partial charge in [-0.25, -0.2) is 0 Å². The number of aromatic nitrogens is 1. The van der Waals surface area contributed by atoms with E-state index in [0.29, 0.717) is 0 Å². The van der Waals surface area contributed by atoms with E-state index in [4.69, 9.17) is 16.6 Å². The third-order valence-corrected chi connectivity index (χ3v) is 4.07. The molecule has 1 aromatic carbocycles. The zero-order valence-corrected chi connectivity index (χ0v) is 13.1. The minimum Gasteiger partial charge on any atom is -0.253 e. The Balaban J connectivity index is 1.81. The third kappa shape index (κ3) is 4.49. The fraction of sp³-hybridized carbons (Fsp3) is 0.500. The van der Waals surface area contributed by atoms with E-state index in [1.807, 2.05) is 30.3 Å². The lowest BCUT2D eigenvalue weighted by Gasteiger charge is -2.05. The maximum Gasteiger partial charge on any atom is 0.0720 e. The first-order valence-corrected chi connectivity index (χ1v) is 8.23. The second-order valence-corrected chi connectivity index (χ2v) is 5.89. The molecule has 0 aliphatic carbocycles. The zero-order valence-electron chi connectivity index (χ0n) is 12.4. The zero-order chi connectivity index (χ0) is 14.2. The number of hydrogen-bond acceptors (Lipinski definition) is 1. The monoisotopic (exact) mass is 289 g/mol. The molecule has 2 aromatic rings. The molecule has 2 heteroatoms. The number of unbranched alkanes of at least 4 members (excludes halogenated alkanes) is 6. The van der Waals surface area contributed by atoms with Crippen molar-refractivity contribution in [3.8, 4) is 0 Å². The maximum atomic E-state index is 6.32. The number of fused-ring (bicyclic) bond motifs is 1. The van der Waals surface area contributed by atoms with E-state index in [1.165, 1.54) is 44.9 Å². The number of rotatable bonds is 8. The summed E-state index contributed by atoms with van der Waals surface area (Å²) in [6.07, 6.45) is 10.4. The lowest BCUT2D eigenvalue weighted by Crippen LogP contribution is -1.92. The van der Waals surface area contributed by atoms with Crippen molar-refractivity contribution in [2.75, 3.05) is 0 Å². The molecule has 0 radical (unpaired) electrons. The van der Waals surface area contributed by atoms with E-state index < -0.39 is 0 Å². The smallest absolute Gasteiger partial charge is 0.0720 e. The molecule has 0 atom stereocenters. The highest BCUT2D eigenvalue weighted by molar-refractivity contribution is 6.35. The fourth-order valence-corrected chi connectivity index (χ4v) is 2.86. The number of pyridine rings is 1. The lowest BCUT2D eigenvalue weighted by molar-refractivity contribution is 0.587. The summed E-state index contributed by atoms with van der Waals surface area (Å²) >= 11 is 6.32. The predicted molar refractivity (Wildman–Crippen MR) is 88.5 cm³/mol. The summed E-state index contributed by atoms with van der Waals surface area (Å²) in [6.45, 7) is 2.26. The van der Waals surface area contributed by atoms with Crippen LogP contribution in [0.5, 0.6) is 0 Å². The molecule has 0 aliphatic rings. The van der Waals surface area contributed by atoms with Gasteiger partial charge in [0.05, 0.1) is 10.5 Å². The molecule has 108 valence electrons. The van der Waals surface area contributed by atoms with Crippen LogP contribution < -0.4 is 0 Å². The van der Waals surface area contributed by atoms with Crippen LogP contribution in [0.1, 0.15) is 57.6 Å². The van der Waals surface area contributed by atoms with Crippen LogP contribution in [-0.4, -0.2) is 4.98 Å². The van der Waals surface area contributed by atoms with Crippen molar-refractivity contribution in [3.05, 3.63) is 41.0 Å². The Labute approximate surface area is 127 Å². The van der Waals surface area contributed by atoms with Crippen LogP contribution in [0.15, 0.2) is 30.3 Å². The maximum absolute atomic E-state index is 6.32. The highest BCUT2D eigenvalue weighted by Gasteiger charge is 2.03. The van der Waals surface area contributed by atoms with E-state index in [-0.39, 0.29) is 0 Å². The van der Waals surface area contributed by atoms with Crippen LogP contribution in [-0.2, 0) is 6.42 Å². The molecule has 0 bridgehead atoms. The van der Waals surface area contributed by atoms with E-state index in [2.05, 4.69) is 6.92 Å². The highest BCUT2D eigenvalue weighted by Crippen LogP contribution is 2.23. The van der Waals surface area contributed by atoms with Crippen molar-refractivity contribution in [2.24, 2.45) is 0 Å². The summed E-state index contributed by atoms with van der Waals surface area (Å²) in [5, 5.41) is 1.88. The third-order valence-electron chi connectivity index (χ3n) is 3.76. The van der Waals surface area contributed by atoms with Gasteiger partial charge in [-0.05, 0) is 25.0 Å². The minimum atomic E-state index is 0.827. The number of aryl methyl sites for hydroxylation is 1. The first kappa shape index (κ1) is 15.3. The number of nitrogens with zero attached hydrogens (tertiary/aromatic N) is 1.